The van der Waals surface area contributed by atoms with Gasteiger partial charge >= 0.3 is 0 Å². The van der Waals surface area contributed by atoms with E-state index in [1.165, 1.54) is 22.9 Å². The van der Waals surface area contributed by atoms with Crippen LogP contribution in [0.4, 0.5) is 0 Å². The second-order valence-corrected chi connectivity index (χ2v) is 10.6. The van der Waals surface area contributed by atoms with Crippen molar-refractivity contribution in [2.24, 2.45) is 0 Å². The lowest BCUT2D eigenvalue weighted by molar-refractivity contribution is 0.102. The predicted octanol–water partition coefficient (Wildman–Crippen LogP) is 5.98. The van der Waals surface area contributed by atoms with Crippen LogP contribution in [-0.4, -0.2) is 49.9 Å². The third kappa shape index (κ3) is 6.40. The number of ketones is 1. The van der Waals surface area contributed by atoms with Gasteiger partial charge in [0.1, 0.15) is 0 Å². The van der Waals surface area contributed by atoms with E-state index in [1.807, 2.05) is 30.3 Å². The highest BCUT2D eigenvalue weighted by atomic mass is 32.2. The summed E-state index contributed by atoms with van der Waals surface area (Å²) >= 11 is 1.48. The van der Waals surface area contributed by atoms with Crippen molar-refractivity contribution >= 4 is 17.5 Å². The Hall–Kier alpha value is -3.16. The minimum atomic E-state index is 0.125. The first kappa shape index (κ1) is 26.9. The van der Waals surface area contributed by atoms with E-state index in [4.69, 9.17) is 0 Å². The van der Waals surface area contributed by atoms with Gasteiger partial charge in [-0.15, -0.1) is 10.2 Å². The van der Waals surface area contributed by atoms with Gasteiger partial charge in [0.05, 0.1) is 18.3 Å². The van der Waals surface area contributed by atoms with Crippen LogP contribution in [0.25, 0.3) is 0 Å². The molecule has 0 bridgehead atoms. The Bertz CT molecular complexity index is 1310. The third-order valence-corrected chi connectivity index (χ3v) is 7.88. The molecule has 4 rings (SSSR count). The van der Waals surface area contributed by atoms with Gasteiger partial charge in [-0.2, -0.15) is 0 Å². The molecule has 1 atom stereocenters. The highest BCUT2D eigenvalue weighted by Crippen LogP contribution is 2.27. The molecule has 6 nitrogen and oxygen atoms in total. The zero-order valence-corrected chi connectivity index (χ0v) is 23.3. The van der Waals surface area contributed by atoms with Gasteiger partial charge < -0.3 is 9.13 Å². The monoisotopic (exact) mass is 515 g/mol. The average Bonchev–Trinajstić information content (AvgIpc) is 3.42. The fourth-order valence-corrected chi connectivity index (χ4v) is 5.70. The predicted molar refractivity (Wildman–Crippen MR) is 151 cm³/mol. The highest BCUT2D eigenvalue weighted by molar-refractivity contribution is 7.99. The summed E-state index contributed by atoms with van der Waals surface area (Å²) in [5.74, 6) is 1.39. The van der Waals surface area contributed by atoms with Gasteiger partial charge in [0.25, 0.3) is 0 Å². The Morgan fingerprint density at radius 2 is 1.59 bits per heavy atom. The molecule has 0 aliphatic carbocycles. The summed E-state index contributed by atoms with van der Waals surface area (Å²) in [6, 6.07) is 23.0. The smallest absolute Gasteiger partial charge is 0.192 e. The lowest BCUT2D eigenvalue weighted by Crippen LogP contribution is -2.23. The number of thioether (sulfide) groups is 1. The maximum absolute atomic E-state index is 13.4. The van der Waals surface area contributed by atoms with Gasteiger partial charge in [0.2, 0.25) is 0 Å². The molecule has 2 aromatic heterocycles. The zero-order chi connectivity index (χ0) is 26.4. The van der Waals surface area contributed by atoms with Crippen LogP contribution in [0.15, 0.2) is 71.9 Å². The van der Waals surface area contributed by atoms with Crippen molar-refractivity contribution in [3.05, 3.63) is 101 Å². The molecule has 7 heteroatoms. The molecule has 0 aliphatic heterocycles. The van der Waals surface area contributed by atoms with Crippen LogP contribution in [0.2, 0.25) is 0 Å². The lowest BCUT2D eigenvalue weighted by Gasteiger charge is -2.23. The molecular formula is C30H37N5OS. The summed E-state index contributed by atoms with van der Waals surface area (Å²) in [5.41, 5.74) is 5.44. The van der Waals surface area contributed by atoms with Crippen LogP contribution >= 0.6 is 11.8 Å². The van der Waals surface area contributed by atoms with Crippen molar-refractivity contribution in [2.75, 3.05) is 19.8 Å². The summed E-state index contributed by atoms with van der Waals surface area (Å²) in [5, 5.41) is 9.89. The Labute approximate surface area is 224 Å². The normalized spacial score (nSPS) is 12.3. The summed E-state index contributed by atoms with van der Waals surface area (Å²) < 4.78 is 4.43. The molecule has 0 saturated carbocycles. The van der Waals surface area contributed by atoms with E-state index in [0.717, 1.165) is 47.3 Å². The van der Waals surface area contributed by atoms with Crippen molar-refractivity contribution in [1.82, 2.24) is 24.2 Å². The van der Waals surface area contributed by atoms with Crippen molar-refractivity contribution in [2.45, 2.75) is 57.9 Å². The number of carbonyl (C=O) groups is 1. The number of benzene rings is 2. The Balaban J connectivity index is 1.51. The Kier molecular flexibility index (Phi) is 9.00. The molecule has 0 spiro atoms. The maximum Gasteiger partial charge on any atom is 0.192 e. The Morgan fingerprint density at radius 3 is 2.22 bits per heavy atom. The fraction of sp³-hybridized carbons (Fsp3) is 0.367. The van der Waals surface area contributed by atoms with Crippen LogP contribution < -0.4 is 0 Å². The van der Waals surface area contributed by atoms with Crippen molar-refractivity contribution in [3.8, 4) is 0 Å². The summed E-state index contributed by atoms with van der Waals surface area (Å²) in [6.07, 6.45) is 1.87. The number of aromatic nitrogens is 4. The van der Waals surface area contributed by atoms with Crippen LogP contribution in [0, 0.1) is 13.8 Å². The van der Waals surface area contributed by atoms with Gasteiger partial charge in [0, 0.05) is 23.5 Å². The molecule has 4 aromatic rings. The molecule has 1 unspecified atom stereocenters. The average molecular weight is 516 g/mol. The topological polar surface area (TPSA) is 56.0 Å². The van der Waals surface area contributed by atoms with Gasteiger partial charge in [-0.1, -0.05) is 79.3 Å². The second kappa shape index (κ2) is 12.4. The van der Waals surface area contributed by atoms with Crippen LogP contribution in [0.1, 0.15) is 58.1 Å². The molecule has 37 heavy (non-hydrogen) atoms. The molecule has 0 radical (unpaired) electrons. The number of carbonyl (C=O) groups excluding carboxylic acids is 1. The van der Waals surface area contributed by atoms with E-state index in [1.54, 1.807) is 0 Å². The molecule has 194 valence electrons. The molecule has 0 saturated heterocycles. The third-order valence-electron chi connectivity index (χ3n) is 6.91. The lowest BCUT2D eigenvalue weighted by atomic mass is 10.1. The summed E-state index contributed by atoms with van der Waals surface area (Å²) in [7, 11) is 4.14. The van der Waals surface area contributed by atoms with Gasteiger partial charge in [0.15, 0.2) is 16.8 Å². The first-order chi connectivity index (χ1) is 17.9. The molecule has 2 aromatic carbocycles. The standard InChI is InChI=1S/C30H37N5OS/c1-6-27(33(4)5)29-31-32-30(35(29)20-25-15-11-8-12-16-25)37-21-28(36)26-19-22(2)34(23(26)3)18-17-24-13-9-7-10-14-24/h7-16,19,27H,6,17-18,20-21H2,1-5H3. The number of aryl methyl sites for hydroxylation is 2. The van der Waals surface area contributed by atoms with E-state index >= 15 is 0 Å². The molecular weight excluding hydrogens is 478 g/mol. The molecule has 0 N–H and O–H groups in total. The van der Waals surface area contributed by atoms with Gasteiger partial charge in [-0.3, -0.25) is 9.69 Å². The number of Topliss-reactive ketones (excluding diaryl/α,β-unsaturated/α-hetero) is 1. The number of nitrogens with zero attached hydrogens (tertiary/aromatic N) is 5. The minimum absolute atomic E-state index is 0.125. The largest absolute Gasteiger partial charge is 0.348 e. The molecule has 0 aliphatic rings. The molecule has 0 fully saturated rings. The number of hydrogen-bond donors (Lipinski definition) is 0. The first-order valence-corrected chi connectivity index (χ1v) is 13.9. The summed E-state index contributed by atoms with van der Waals surface area (Å²) in [4.78, 5) is 15.5. The van der Waals surface area contributed by atoms with E-state index in [-0.39, 0.29) is 11.8 Å². The van der Waals surface area contributed by atoms with E-state index in [2.05, 4.69) is 95.5 Å². The van der Waals surface area contributed by atoms with Crippen molar-refractivity contribution < 1.29 is 4.79 Å². The Morgan fingerprint density at radius 1 is 0.946 bits per heavy atom. The molecule has 0 amide bonds. The second-order valence-electron chi connectivity index (χ2n) is 9.68. The van der Waals surface area contributed by atoms with Crippen LogP contribution in [0.5, 0.6) is 0 Å². The minimum Gasteiger partial charge on any atom is -0.348 e. The van der Waals surface area contributed by atoms with Crippen LogP contribution in [0.3, 0.4) is 0 Å². The van der Waals surface area contributed by atoms with E-state index in [9.17, 15) is 4.79 Å². The van der Waals surface area contributed by atoms with Gasteiger partial charge in [-0.05, 0) is 58.0 Å². The van der Waals surface area contributed by atoms with Crippen LogP contribution in [-0.2, 0) is 19.5 Å². The SMILES string of the molecule is CCC(c1nnc(SCC(=O)c2cc(C)n(CCc3ccccc3)c2C)n1Cc1ccccc1)N(C)C. The number of rotatable bonds is 12. The summed E-state index contributed by atoms with van der Waals surface area (Å²) in [6.45, 7) is 7.83. The van der Waals surface area contributed by atoms with E-state index < -0.39 is 0 Å². The maximum atomic E-state index is 13.4. The van der Waals surface area contributed by atoms with Gasteiger partial charge in [-0.25, -0.2) is 0 Å². The van der Waals surface area contributed by atoms with E-state index in [0.29, 0.717) is 12.3 Å². The highest BCUT2D eigenvalue weighted by Gasteiger charge is 2.23. The zero-order valence-electron chi connectivity index (χ0n) is 22.5. The fourth-order valence-electron chi connectivity index (χ4n) is 4.87. The molecule has 2 heterocycles. The quantitative estimate of drug-likeness (QED) is 0.172. The first-order valence-electron chi connectivity index (χ1n) is 12.9. The van der Waals surface area contributed by atoms with Crippen molar-refractivity contribution in [3.63, 3.8) is 0 Å². The number of hydrogen-bond acceptors (Lipinski definition) is 5. The van der Waals surface area contributed by atoms with Crippen molar-refractivity contribution in [1.29, 1.82) is 0 Å².